The third kappa shape index (κ3) is 3.38. The van der Waals surface area contributed by atoms with Gasteiger partial charge in [0.15, 0.2) is 0 Å². The van der Waals surface area contributed by atoms with E-state index in [1.807, 2.05) is 42.5 Å². The Morgan fingerprint density at radius 2 is 1.78 bits per heavy atom. The van der Waals surface area contributed by atoms with Crippen LogP contribution in [0.5, 0.6) is 0 Å². The van der Waals surface area contributed by atoms with Crippen LogP contribution in [0.3, 0.4) is 0 Å². The number of aromatic amines is 1. The quantitative estimate of drug-likeness (QED) is 0.417. The van der Waals surface area contributed by atoms with Crippen molar-refractivity contribution in [3.05, 3.63) is 88.5 Å². The molecule has 0 unspecified atom stereocenters. The highest BCUT2D eigenvalue weighted by Crippen LogP contribution is 2.23. The molecule has 0 aliphatic rings. The zero-order valence-electron chi connectivity index (χ0n) is 14.0. The smallest absolute Gasteiger partial charge is 0.269 e. The first-order valence-corrected chi connectivity index (χ1v) is 8.21. The van der Waals surface area contributed by atoms with Crippen LogP contribution in [0.15, 0.2) is 72.8 Å². The molecule has 0 fully saturated rings. The zero-order chi connectivity index (χ0) is 18.8. The van der Waals surface area contributed by atoms with E-state index < -0.39 is 4.92 Å². The number of rotatable bonds is 4. The molecule has 0 aliphatic heterocycles. The Morgan fingerprint density at radius 3 is 2.52 bits per heavy atom. The van der Waals surface area contributed by atoms with Crippen LogP contribution in [0.2, 0.25) is 0 Å². The number of fused-ring (bicyclic) bond motifs is 1. The van der Waals surface area contributed by atoms with Gasteiger partial charge in [-0.15, -0.1) is 0 Å². The van der Waals surface area contributed by atoms with Gasteiger partial charge in [0, 0.05) is 28.9 Å². The Balaban J connectivity index is 1.57. The van der Waals surface area contributed by atoms with Crippen molar-refractivity contribution in [2.75, 3.05) is 5.32 Å². The predicted octanol–water partition coefficient (Wildman–Crippen LogP) is 4.39. The SMILES string of the molecule is O=C(Nc1cccc(-c2nc3ccccc3[nH]2)c1)c1ccc([N+](=O)[O-])cc1. The number of hydrogen-bond acceptors (Lipinski definition) is 4. The normalized spacial score (nSPS) is 10.7. The van der Waals surface area contributed by atoms with Gasteiger partial charge in [-0.3, -0.25) is 14.9 Å². The maximum absolute atomic E-state index is 12.4. The molecule has 0 spiro atoms. The van der Waals surface area contributed by atoms with E-state index in [1.165, 1.54) is 24.3 Å². The Bertz CT molecular complexity index is 1120. The van der Waals surface area contributed by atoms with E-state index in [0.29, 0.717) is 17.1 Å². The van der Waals surface area contributed by atoms with E-state index in [2.05, 4.69) is 15.3 Å². The second-order valence-corrected chi connectivity index (χ2v) is 5.94. The summed E-state index contributed by atoms with van der Waals surface area (Å²) in [4.78, 5) is 30.4. The van der Waals surface area contributed by atoms with Gasteiger partial charge in [-0.25, -0.2) is 4.98 Å². The van der Waals surface area contributed by atoms with Crippen molar-refractivity contribution >= 4 is 28.3 Å². The average molecular weight is 358 g/mol. The van der Waals surface area contributed by atoms with E-state index in [4.69, 9.17) is 0 Å². The lowest BCUT2D eigenvalue weighted by Gasteiger charge is -2.06. The van der Waals surface area contributed by atoms with E-state index in [0.717, 1.165) is 16.6 Å². The van der Waals surface area contributed by atoms with Crippen LogP contribution in [0.1, 0.15) is 10.4 Å². The molecule has 1 amide bonds. The molecule has 7 heteroatoms. The highest BCUT2D eigenvalue weighted by molar-refractivity contribution is 6.04. The summed E-state index contributed by atoms with van der Waals surface area (Å²) in [5.41, 5.74) is 3.54. The number of para-hydroxylation sites is 2. The molecule has 0 aliphatic carbocycles. The van der Waals surface area contributed by atoms with Crippen molar-refractivity contribution < 1.29 is 9.72 Å². The second-order valence-electron chi connectivity index (χ2n) is 5.94. The minimum absolute atomic E-state index is 0.0570. The molecule has 4 aromatic rings. The largest absolute Gasteiger partial charge is 0.338 e. The van der Waals surface area contributed by atoms with Gasteiger partial charge in [0.2, 0.25) is 0 Å². The molecule has 0 bridgehead atoms. The predicted molar refractivity (Wildman–Crippen MR) is 103 cm³/mol. The molecular formula is C20H14N4O3. The lowest BCUT2D eigenvalue weighted by atomic mass is 10.1. The van der Waals surface area contributed by atoms with Gasteiger partial charge in [-0.05, 0) is 36.4 Å². The van der Waals surface area contributed by atoms with Crippen molar-refractivity contribution in [2.45, 2.75) is 0 Å². The monoisotopic (exact) mass is 358 g/mol. The van der Waals surface area contributed by atoms with Gasteiger partial charge < -0.3 is 10.3 Å². The van der Waals surface area contributed by atoms with Gasteiger partial charge >= 0.3 is 0 Å². The molecule has 0 saturated carbocycles. The van der Waals surface area contributed by atoms with Crippen LogP contribution in [-0.4, -0.2) is 20.8 Å². The fourth-order valence-electron chi connectivity index (χ4n) is 2.77. The molecular weight excluding hydrogens is 344 g/mol. The number of aromatic nitrogens is 2. The molecule has 27 heavy (non-hydrogen) atoms. The molecule has 1 heterocycles. The molecule has 0 atom stereocenters. The Morgan fingerprint density at radius 1 is 1.00 bits per heavy atom. The number of imidazole rings is 1. The molecule has 0 saturated heterocycles. The third-order valence-electron chi connectivity index (χ3n) is 4.12. The fraction of sp³-hybridized carbons (Fsp3) is 0. The van der Waals surface area contributed by atoms with Crippen LogP contribution >= 0.6 is 0 Å². The number of hydrogen-bond donors (Lipinski definition) is 2. The summed E-state index contributed by atoms with van der Waals surface area (Å²) in [6.07, 6.45) is 0. The molecule has 3 aromatic carbocycles. The number of nitro benzene ring substituents is 1. The van der Waals surface area contributed by atoms with Crippen LogP contribution in [0.25, 0.3) is 22.4 Å². The number of amides is 1. The molecule has 132 valence electrons. The van der Waals surface area contributed by atoms with Crippen molar-refractivity contribution in [2.24, 2.45) is 0 Å². The summed E-state index contributed by atoms with van der Waals surface area (Å²) in [6, 6.07) is 20.5. The Hall–Kier alpha value is -4.00. The highest BCUT2D eigenvalue weighted by Gasteiger charge is 2.11. The molecule has 7 nitrogen and oxygen atoms in total. The first-order chi connectivity index (χ1) is 13.1. The summed E-state index contributed by atoms with van der Waals surface area (Å²) < 4.78 is 0. The number of H-pyrrole nitrogens is 1. The third-order valence-corrected chi connectivity index (χ3v) is 4.12. The number of carbonyl (C=O) groups excluding carboxylic acids is 1. The van der Waals surface area contributed by atoms with Crippen molar-refractivity contribution in [1.29, 1.82) is 0 Å². The van der Waals surface area contributed by atoms with E-state index in [-0.39, 0.29) is 11.6 Å². The maximum atomic E-state index is 12.4. The lowest BCUT2D eigenvalue weighted by Crippen LogP contribution is -2.11. The zero-order valence-corrected chi connectivity index (χ0v) is 14.0. The summed E-state index contributed by atoms with van der Waals surface area (Å²) >= 11 is 0. The van der Waals surface area contributed by atoms with E-state index in [9.17, 15) is 14.9 Å². The number of nitrogens with zero attached hydrogens (tertiary/aromatic N) is 2. The second kappa shape index (κ2) is 6.72. The van der Waals surface area contributed by atoms with Gasteiger partial charge in [-0.1, -0.05) is 24.3 Å². The van der Waals surface area contributed by atoms with E-state index >= 15 is 0 Å². The summed E-state index contributed by atoms with van der Waals surface area (Å²) in [5.74, 6) is 0.370. The maximum Gasteiger partial charge on any atom is 0.269 e. The van der Waals surface area contributed by atoms with Crippen LogP contribution in [-0.2, 0) is 0 Å². The van der Waals surface area contributed by atoms with Crippen LogP contribution < -0.4 is 5.32 Å². The minimum Gasteiger partial charge on any atom is -0.338 e. The average Bonchev–Trinajstić information content (AvgIpc) is 3.12. The summed E-state index contributed by atoms with van der Waals surface area (Å²) in [6.45, 7) is 0. The van der Waals surface area contributed by atoms with Gasteiger partial charge in [0.1, 0.15) is 5.82 Å². The number of benzene rings is 3. The first-order valence-electron chi connectivity index (χ1n) is 8.21. The van der Waals surface area contributed by atoms with Crippen molar-refractivity contribution in [1.82, 2.24) is 9.97 Å². The standard InChI is InChI=1S/C20H14N4O3/c25-20(13-8-10-16(11-9-13)24(26)27)21-15-5-3-4-14(12-15)19-22-17-6-1-2-7-18(17)23-19/h1-12H,(H,21,25)(H,22,23). The Kier molecular flexibility index (Phi) is 4.10. The Labute approximate surface area is 153 Å². The van der Waals surface area contributed by atoms with Crippen molar-refractivity contribution in [3.8, 4) is 11.4 Å². The number of carbonyl (C=O) groups is 1. The number of non-ortho nitro benzene ring substituents is 1. The lowest BCUT2D eigenvalue weighted by molar-refractivity contribution is -0.384. The first kappa shape index (κ1) is 16.5. The number of nitro groups is 1. The molecule has 2 N–H and O–H groups in total. The van der Waals surface area contributed by atoms with Gasteiger partial charge in [0.05, 0.1) is 16.0 Å². The van der Waals surface area contributed by atoms with E-state index in [1.54, 1.807) is 6.07 Å². The fourth-order valence-corrected chi connectivity index (χ4v) is 2.77. The molecule has 4 rings (SSSR count). The summed E-state index contributed by atoms with van der Waals surface area (Å²) in [7, 11) is 0. The molecule has 1 aromatic heterocycles. The topological polar surface area (TPSA) is 101 Å². The van der Waals surface area contributed by atoms with Crippen LogP contribution in [0.4, 0.5) is 11.4 Å². The van der Waals surface area contributed by atoms with Gasteiger partial charge in [0.25, 0.3) is 11.6 Å². The summed E-state index contributed by atoms with van der Waals surface area (Å²) in [5, 5.41) is 13.5. The number of nitrogens with one attached hydrogen (secondary N) is 2. The number of anilines is 1. The van der Waals surface area contributed by atoms with Gasteiger partial charge in [-0.2, -0.15) is 0 Å². The highest BCUT2D eigenvalue weighted by atomic mass is 16.6. The molecule has 0 radical (unpaired) electrons. The minimum atomic E-state index is -0.501. The van der Waals surface area contributed by atoms with Crippen LogP contribution in [0, 0.1) is 10.1 Å². The van der Waals surface area contributed by atoms with Crippen molar-refractivity contribution in [3.63, 3.8) is 0 Å².